The van der Waals surface area contributed by atoms with E-state index in [2.05, 4.69) is 49.6 Å². The van der Waals surface area contributed by atoms with Gasteiger partial charge in [-0.1, -0.05) is 34.4 Å². The first kappa shape index (κ1) is 57.7. The zero-order valence-corrected chi connectivity index (χ0v) is 48.2. The van der Waals surface area contributed by atoms with Crippen LogP contribution >= 0.6 is 34.4 Å². The van der Waals surface area contributed by atoms with Gasteiger partial charge in [-0.15, -0.1) is 20.5 Å². The van der Waals surface area contributed by atoms with E-state index in [1.807, 2.05) is 59.2 Å². The van der Waals surface area contributed by atoms with Gasteiger partial charge in [0.15, 0.2) is 5.16 Å². The first-order valence-corrected chi connectivity index (χ1v) is 30.1. The Morgan fingerprint density at radius 2 is 1.43 bits per heavy atom. The van der Waals surface area contributed by atoms with E-state index in [-0.39, 0.29) is 39.5 Å². The van der Waals surface area contributed by atoms with Gasteiger partial charge in [-0.2, -0.15) is 43.9 Å². The lowest BCUT2D eigenvalue weighted by Gasteiger charge is -2.27. The number of hydrogen-bond acceptors (Lipinski definition) is 28. The molecule has 0 saturated carbocycles. The monoisotopic (exact) mass is 1200 g/mol. The fourth-order valence-corrected chi connectivity index (χ4v) is 11.9. The van der Waals surface area contributed by atoms with Crippen LogP contribution in [0.25, 0.3) is 12.2 Å². The van der Waals surface area contributed by atoms with Crippen molar-refractivity contribution in [1.29, 1.82) is 10.5 Å². The van der Waals surface area contributed by atoms with E-state index in [9.17, 15) is 33.1 Å². The number of rotatable bonds is 16. The Hall–Kier alpha value is -8.53. The summed E-state index contributed by atoms with van der Waals surface area (Å²) in [6.45, 7) is 12.8. The molecule has 0 atom stereocenters. The molecule has 0 spiro atoms. The van der Waals surface area contributed by atoms with Crippen molar-refractivity contribution in [2.45, 2.75) is 30.8 Å². The Morgan fingerprint density at radius 1 is 0.783 bits per heavy atom. The highest BCUT2D eigenvalue weighted by Gasteiger charge is 2.39. The van der Waals surface area contributed by atoms with Crippen LogP contribution in [0.2, 0.25) is 0 Å². The summed E-state index contributed by atoms with van der Waals surface area (Å²) >= 11 is 3.69. The fraction of sp³-hybridized carbons (Fsp3) is 0.327. The molecule has 2 amide bonds. The van der Waals surface area contributed by atoms with E-state index in [1.54, 1.807) is 12.1 Å². The van der Waals surface area contributed by atoms with Crippen LogP contribution in [0.3, 0.4) is 0 Å². The van der Waals surface area contributed by atoms with Crippen molar-refractivity contribution in [3.05, 3.63) is 86.9 Å². The maximum Gasteiger partial charge on any atom is 0.294 e. The van der Waals surface area contributed by atoms with Crippen molar-refractivity contribution in [2.24, 2.45) is 26.2 Å². The maximum atomic E-state index is 13.7. The van der Waals surface area contributed by atoms with Gasteiger partial charge in [0.25, 0.3) is 21.9 Å². The summed E-state index contributed by atoms with van der Waals surface area (Å²) in [5.41, 5.74) is 8.74. The lowest BCUT2D eigenvalue weighted by atomic mass is 10.1. The molecule has 4 aliphatic rings. The number of morpholine rings is 2. The minimum atomic E-state index is -4.71. The van der Waals surface area contributed by atoms with Crippen molar-refractivity contribution in [1.82, 2.24) is 29.8 Å². The number of benzene rings is 3. The molecule has 10 rings (SSSR count). The van der Waals surface area contributed by atoms with Crippen molar-refractivity contribution in [3.8, 4) is 12.1 Å². The molecule has 3 aromatic carbocycles. The predicted octanol–water partition coefficient (Wildman–Crippen LogP) is 8.76. The van der Waals surface area contributed by atoms with E-state index < -0.39 is 26.8 Å². The number of fused-ring (bicyclic) bond motifs is 5. The summed E-state index contributed by atoms with van der Waals surface area (Å²) in [6, 6.07) is 18.3. The third kappa shape index (κ3) is 13.2. The summed E-state index contributed by atoms with van der Waals surface area (Å²) in [7, 11) is -4.71. The molecule has 428 valence electrons. The highest BCUT2D eigenvalue weighted by molar-refractivity contribution is 7.99. The Morgan fingerprint density at radius 3 is 2.07 bits per heavy atom. The fourth-order valence-electron chi connectivity index (χ4n) is 9.03. The second-order valence-electron chi connectivity index (χ2n) is 18.3. The van der Waals surface area contributed by atoms with Crippen LogP contribution in [0, 0.1) is 22.7 Å². The average Bonchev–Trinajstić information content (AvgIpc) is 3.64. The van der Waals surface area contributed by atoms with Gasteiger partial charge in [0.2, 0.25) is 22.2 Å². The van der Waals surface area contributed by atoms with Crippen LogP contribution < -0.4 is 36.0 Å². The third-order valence-corrected chi connectivity index (χ3v) is 16.6. The van der Waals surface area contributed by atoms with Gasteiger partial charge < -0.3 is 50.2 Å². The average molecular weight is 1200 g/mol. The molecule has 2 saturated heterocycles. The van der Waals surface area contributed by atoms with Crippen LogP contribution in [0.15, 0.2) is 96.5 Å². The van der Waals surface area contributed by atoms with Gasteiger partial charge in [-0.3, -0.25) is 14.1 Å². The molecular weight excluding hydrogens is 1150 g/mol. The van der Waals surface area contributed by atoms with E-state index in [1.165, 1.54) is 29.2 Å². The zero-order valence-electron chi connectivity index (χ0n) is 44.9. The van der Waals surface area contributed by atoms with E-state index in [4.69, 9.17) is 50.0 Å². The van der Waals surface area contributed by atoms with Gasteiger partial charge in [0.05, 0.1) is 70.2 Å². The summed E-state index contributed by atoms with van der Waals surface area (Å²) < 4.78 is 50.8. The maximum absolute atomic E-state index is 13.7. The van der Waals surface area contributed by atoms with Crippen molar-refractivity contribution >= 4 is 136 Å². The van der Waals surface area contributed by atoms with Crippen LogP contribution in [0.4, 0.5) is 67.9 Å². The Bertz CT molecular complexity index is 3780. The van der Waals surface area contributed by atoms with E-state index in [0.29, 0.717) is 138 Å². The minimum absolute atomic E-state index is 0.0362. The van der Waals surface area contributed by atoms with Gasteiger partial charge in [-0.25, -0.2) is 4.90 Å². The van der Waals surface area contributed by atoms with Crippen LogP contribution in [0.1, 0.15) is 51.2 Å². The molecular formula is C52H53N19O8S4. The molecule has 6 aromatic rings. The number of allylic oxidation sites excluding steroid dienone is 2. The molecule has 4 aliphatic heterocycles. The molecule has 0 radical (unpaired) electrons. The number of nitrogens with zero attached hydrogens (tertiary/aromatic N) is 16. The van der Waals surface area contributed by atoms with Gasteiger partial charge in [0.1, 0.15) is 53.3 Å². The Labute approximate surface area is 488 Å². The number of anilines is 8. The first-order valence-electron chi connectivity index (χ1n) is 26.0. The number of nitrogens with two attached hydrogens (primary N) is 1. The number of thiazole rings is 2. The molecule has 3 aromatic heterocycles. The molecule has 27 nitrogen and oxygen atoms in total. The lowest BCUT2D eigenvalue weighted by Crippen LogP contribution is -2.36. The topological polar surface area (TPSA) is 344 Å². The molecule has 5 N–H and O–H groups in total. The number of ether oxygens (including phenoxy) is 3. The number of amides is 2. The molecule has 31 heteroatoms. The third-order valence-electron chi connectivity index (χ3n) is 13.2. The predicted molar refractivity (Wildman–Crippen MR) is 314 cm³/mol. The minimum Gasteiger partial charge on any atom is -0.390 e. The largest absolute Gasteiger partial charge is 0.390 e. The van der Waals surface area contributed by atoms with Crippen LogP contribution in [-0.4, -0.2) is 146 Å². The second-order valence-corrected chi connectivity index (χ2v) is 22.8. The number of hydrogen-bond donors (Lipinski definition) is 4. The SMILES string of the molecule is CCN(CC)c1ccc(N=Nc2nc(N3CCOCC3)c(/C=C(/N)C#N)s2)c(Nc2nc3nc(n2)SCCOCN(CC)c2ccc(N=Nc4nc(N5CCOCC5)c(/C=C(\C#N)N5C(=O)c6ccc(S(=O)(=O)O)cc6C5=O)s4)c(c2)N3)c1. The van der Waals surface area contributed by atoms with E-state index >= 15 is 0 Å². The van der Waals surface area contributed by atoms with Crippen molar-refractivity contribution < 1.29 is 36.8 Å². The normalized spacial score (nSPS) is 16.3. The van der Waals surface area contributed by atoms with Gasteiger partial charge >= 0.3 is 0 Å². The number of carbonyl (C=O) groups is 2. The summed E-state index contributed by atoms with van der Waals surface area (Å²) in [5.74, 6) is 0.122. The van der Waals surface area contributed by atoms with Gasteiger partial charge in [0, 0.05) is 62.9 Å². The summed E-state index contributed by atoms with van der Waals surface area (Å²) in [4.78, 5) is 60.8. The number of nitrogens with one attached hydrogen (secondary N) is 2. The molecule has 83 heavy (non-hydrogen) atoms. The highest BCUT2D eigenvalue weighted by atomic mass is 32.2. The summed E-state index contributed by atoms with van der Waals surface area (Å²) in [5, 5.41) is 46.2. The number of azo groups is 2. The molecule has 4 bridgehead atoms. The van der Waals surface area contributed by atoms with Crippen molar-refractivity contribution in [2.75, 3.05) is 122 Å². The molecule has 0 aliphatic carbocycles. The number of nitriles is 2. The molecule has 7 heterocycles. The quantitative estimate of drug-likeness (QED) is 0.0304. The number of carbonyl (C=O) groups excluding carboxylic acids is 2. The number of imide groups is 1. The smallest absolute Gasteiger partial charge is 0.294 e. The van der Waals surface area contributed by atoms with Crippen LogP contribution in [0.5, 0.6) is 0 Å². The standard InChI is InChI=1S/C52H53N19O8S4/c1-4-67(5-2)32-7-11-38(63-65-51-58-44(69-13-17-77-18-14-69)42(81-51)23-31(55)28-53)40(24-32)56-48-60-49-57-41-25-33(68(6-3)30-79-21-22-80-50(61-48)62-49)8-12-39(41)64-66-52-59-45(70-15-19-78-20-16-70)43(82-52)26-34(29-54)71-46(72)36-10-9-35(83(74,75)76)27-37(36)47(71)73/h7-12,23-27H,4-6,13-22,30,55H2,1-3H3,(H,74,75,76)(H2,56,57,60,61,62)/b31-23+,34-26+,65-63?,66-64?. The second kappa shape index (κ2) is 25.7. The Kier molecular flexibility index (Phi) is 17.9. The van der Waals surface area contributed by atoms with E-state index in [0.717, 1.165) is 54.0 Å². The van der Waals surface area contributed by atoms with Crippen molar-refractivity contribution in [3.63, 3.8) is 0 Å². The zero-order chi connectivity index (χ0) is 58.2. The molecule has 2 fully saturated rings. The van der Waals surface area contributed by atoms with Crippen LogP contribution in [-0.2, 0) is 24.3 Å². The number of thioether (sulfide) groups is 1. The summed E-state index contributed by atoms with van der Waals surface area (Å²) in [6.07, 6.45) is 2.94. The first-order chi connectivity index (χ1) is 40.2. The number of aromatic nitrogens is 5. The van der Waals surface area contributed by atoms with Gasteiger partial charge in [-0.05, 0) is 87.5 Å². The highest BCUT2D eigenvalue weighted by Crippen LogP contribution is 2.41. The Balaban J connectivity index is 0.988. The lowest BCUT2D eigenvalue weighted by molar-refractivity contribution is 0.0711. The molecule has 0 unspecified atom stereocenters.